The van der Waals surface area contributed by atoms with Crippen LogP contribution in [0.5, 0.6) is 11.5 Å². The summed E-state index contributed by atoms with van der Waals surface area (Å²) in [5.41, 5.74) is 0.615. The summed E-state index contributed by atoms with van der Waals surface area (Å²) >= 11 is 2.31. The predicted octanol–water partition coefficient (Wildman–Crippen LogP) is 1.33. The SMILES string of the molecule is COc1ccc(C=C2SC(=O)N(CC(=O)N[C@@H]3CSC[C@@H]3O)C2=O)c(OC)c1. The number of nitrogens with one attached hydrogen (secondary N) is 1. The van der Waals surface area contributed by atoms with Gasteiger partial charge in [0.05, 0.1) is 31.3 Å². The number of thioether (sulfide) groups is 2. The summed E-state index contributed by atoms with van der Waals surface area (Å²) in [5.74, 6) is 1.24. The lowest BCUT2D eigenvalue weighted by atomic mass is 10.1. The fraction of sp³-hybridized carbons (Fsp3) is 0.389. The molecule has 2 aliphatic heterocycles. The Bertz CT molecular complexity index is 828. The van der Waals surface area contributed by atoms with E-state index in [-0.39, 0.29) is 17.5 Å². The van der Waals surface area contributed by atoms with Crippen LogP contribution in [0.15, 0.2) is 23.1 Å². The fourth-order valence-electron chi connectivity index (χ4n) is 2.79. The minimum Gasteiger partial charge on any atom is -0.497 e. The van der Waals surface area contributed by atoms with Crippen LogP contribution in [0.2, 0.25) is 0 Å². The van der Waals surface area contributed by atoms with Crippen molar-refractivity contribution in [2.24, 2.45) is 0 Å². The Morgan fingerprint density at radius 2 is 2.11 bits per heavy atom. The van der Waals surface area contributed by atoms with E-state index in [0.717, 1.165) is 16.7 Å². The van der Waals surface area contributed by atoms with E-state index in [1.54, 1.807) is 24.3 Å². The lowest BCUT2D eigenvalue weighted by Crippen LogP contribution is -2.47. The highest BCUT2D eigenvalue weighted by molar-refractivity contribution is 8.18. The maximum absolute atomic E-state index is 12.6. The molecule has 3 amide bonds. The molecule has 2 saturated heterocycles. The van der Waals surface area contributed by atoms with Crippen molar-refractivity contribution in [3.63, 3.8) is 0 Å². The number of aliphatic hydroxyl groups is 1. The van der Waals surface area contributed by atoms with Gasteiger partial charge in [0.25, 0.3) is 11.1 Å². The van der Waals surface area contributed by atoms with Crippen molar-refractivity contribution in [2.45, 2.75) is 12.1 Å². The normalized spacial score (nSPS) is 23.4. The molecule has 3 rings (SSSR count). The maximum atomic E-state index is 12.6. The molecule has 0 unspecified atom stereocenters. The van der Waals surface area contributed by atoms with E-state index >= 15 is 0 Å². The van der Waals surface area contributed by atoms with Crippen LogP contribution >= 0.6 is 23.5 Å². The minimum atomic E-state index is -0.619. The van der Waals surface area contributed by atoms with Gasteiger partial charge in [-0.1, -0.05) is 0 Å². The Labute approximate surface area is 170 Å². The number of carbonyl (C=O) groups excluding carboxylic acids is 3. The predicted molar refractivity (Wildman–Crippen MR) is 107 cm³/mol. The minimum absolute atomic E-state index is 0.206. The molecule has 2 N–H and O–H groups in total. The second-order valence-corrected chi connectivity index (χ2v) is 8.22. The molecule has 2 aliphatic rings. The average molecular weight is 425 g/mol. The van der Waals surface area contributed by atoms with Crippen LogP contribution in [0.3, 0.4) is 0 Å². The first-order valence-corrected chi connectivity index (χ1v) is 10.4. The molecular formula is C18H20N2O6S2. The molecule has 10 heteroatoms. The third kappa shape index (κ3) is 4.45. The Morgan fingerprint density at radius 3 is 2.75 bits per heavy atom. The van der Waals surface area contributed by atoms with E-state index in [1.165, 1.54) is 26.0 Å². The Kier molecular flexibility index (Phi) is 6.53. The molecule has 28 heavy (non-hydrogen) atoms. The van der Waals surface area contributed by atoms with Gasteiger partial charge in [-0.15, -0.1) is 0 Å². The van der Waals surface area contributed by atoms with Crippen molar-refractivity contribution < 1.29 is 29.0 Å². The quantitative estimate of drug-likeness (QED) is 0.659. The number of nitrogens with zero attached hydrogens (tertiary/aromatic N) is 1. The lowest BCUT2D eigenvalue weighted by Gasteiger charge is -2.18. The van der Waals surface area contributed by atoms with Crippen LogP contribution in [0, 0.1) is 0 Å². The second kappa shape index (κ2) is 8.89. The van der Waals surface area contributed by atoms with Gasteiger partial charge >= 0.3 is 0 Å². The maximum Gasteiger partial charge on any atom is 0.294 e. The van der Waals surface area contributed by atoms with Crippen LogP contribution in [0.25, 0.3) is 6.08 Å². The van der Waals surface area contributed by atoms with Crippen LogP contribution in [-0.2, 0) is 9.59 Å². The summed E-state index contributed by atoms with van der Waals surface area (Å²) in [6, 6.07) is 4.75. The third-order valence-corrected chi connectivity index (χ3v) is 6.38. The summed E-state index contributed by atoms with van der Waals surface area (Å²) in [4.78, 5) is 38.1. The van der Waals surface area contributed by atoms with Gasteiger partial charge in [-0.2, -0.15) is 11.8 Å². The number of rotatable bonds is 6. The van der Waals surface area contributed by atoms with Gasteiger partial charge in [-0.3, -0.25) is 19.3 Å². The van der Waals surface area contributed by atoms with Crippen molar-refractivity contribution in [3.8, 4) is 11.5 Å². The summed E-state index contributed by atoms with van der Waals surface area (Å²) < 4.78 is 10.4. The van der Waals surface area contributed by atoms with Gasteiger partial charge in [0.15, 0.2) is 0 Å². The number of imide groups is 1. The molecule has 0 spiro atoms. The van der Waals surface area contributed by atoms with Crippen LogP contribution in [-0.4, -0.2) is 71.5 Å². The van der Waals surface area contributed by atoms with E-state index in [2.05, 4.69) is 5.32 Å². The molecule has 0 saturated carbocycles. The molecule has 1 aromatic rings. The highest BCUT2D eigenvalue weighted by Crippen LogP contribution is 2.34. The number of methoxy groups -OCH3 is 2. The van der Waals surface area contributed by atoms with Crippen LogP contribution < -0.4 is 14.8 Å². The van der Waals surface area contributed by atoms with Gasteiger partial charge in [-0.25, -0.2) is 0 Å². The van der Waals surface area contributed by atoms with Gasteiger partial charge < -0.3 is 19.9 Å². The van der Waals surface area contributed by atoms with E-state index in [1.807, 2.05) is 0 Å². The topological polar surface area (TPSA) is 105 Å². The molecule has 0 aliphatic carbocycles. The van der Waals surface area contributed by atoms with Crippen molar-refractivity contribution in [2.75, 3.05) is 32.3 Å². The number of aliphatic hydroxyl groups excluding tert-OH is 1. The average Bonchev–Trinajstić information content (AvgIpc) is 3.19. The lowest BCUT2D eigenvalue weighted by molar-refractivity contribution is -0.129. The Morgan fingerprint density at radius 1 is 1.32 bits per heavy atom. The zero-order chi connectivity index (χ0) is 20.3. The largest absolute Gasteiger partial charge is 0.497 e. The molecule has 0 radical (unpaired) electrons. The van der Waals surface area contributed by atoms with Crippen molar-refractivity contribution in [3.05, 3.63) is 28.7 Å². The molecule has 0 aromatic heterocycles. The van der Waals surface area contributed by atoms with Crippen LogP contribution in [0.4, 0.5) is 4.79 Å². The molecular weight excluding hydrogens is 404 g/mol. The number of hydrogen-bond donors (Lipinski definition) is 2. The number of hydrogen-bond acceptors (Lipinski definition) is 8. The monoisotopic (exact) mass is 424 g/mol. The Balaban J connectivity index is 1.71. The summed E-state index contributed by atoms with van der Waals surface area (Å²) in [6.07, 6.45) is 0.935. The molecule has 2 atom stereocenters. The zero-order valence-electron chi connectivity index (χ0n) is 15.3. The third-order valence-electron chi connectivity index (χ3n) is 4.30. The highest BCUT2D eigenvalue weighted by atomic mass is 32.2. The number of carbonyl (C=O) groups is 3. The number of benzene rings is 1. The van der Waals surface area contributed by atoms with Crippen molar-refractivity contribution >= 4 is 46.7 Å². The van der Waals surface area contributed by atoms with Gasteiger partial charge in [-0.05, 0) is 30.0 Å². The zero-order valence-corrected chi connectivity index (χ0v) is 17.0. The molecule has 150 valence electrons. The van der Waals surface area contributed by atoms with Gasteiger partial charge in [0.1, 0.15) is 18.0 Å². The summed E-state index contributed by atoms with van der Waals surface area (Å²) in [5, 5.41) is 11.9. The molecule has 1 aromatic carbocycles. The Hall–Kier alpha value is -2.17. The van der Waals surface area contributed by atoms with Crippen LogP contribution in [0.1, 0.15) is 5.56 Å². The van der Waals surface area contributed by atoms with E-state index in [4.69, 9.17) is 9.47 Å². The van der Waals surface area contributed by atoms with Crippen molar-refractivity contribution in [1.29, 1.82) is 0 Å². The smallest absolute Gasteiger partial charge is 0.294 e. The highest BCUT2D eigenvalue weighted by Gasteiger charge is 2.37. The van der Waals surface area contributed by atoms with Gasteiger partial charge in [0.2, 0.25) is 5.91 Å². The second-order valence-electron chi connectivity index (χ2n) is 6.15. The number of ether oxygens (including phenoxy) is 2. The molecule has 0 bridgehead atoms. The fourth-order valence-corrected chi connectivity index (χ4v) is 4.79. The standard InChI is InChI=1S/C18H20N2O6S2/c1-25-11-4-3-10(14(6-11)26-2)5-15-17(23)20(18(24)28-15)7-16(22)19-12-8-27-9-13(12)21/h3-6,12-13,21H,7-9H2,1-2H3,(H,19,22)/t12-,13+/m1/s1. The molecule has 8 nitrogen and oxygen atoms in total. The number of amides is 3. The first kappa shape index (κ1) is 20.6. The van der Waals surface area contributed by atoms with E-state index in [9.17, 15) is 19.5 Å². The van der Waals surface area contributed by atoms with E-state index < -0.39 is 23.2 Å². The van der Waals surface area contributed by atoms with E-state index in [0.29, 0.717) is 28.6 Å². The molecule has 2 fully saturated rings. The summed E-state index contributed by atoms with van der Waals surface area (Å²) in [7, 11) is 3.03. The first-order valence-electron chi connectivity index (χ1n) is 8.45. The van der Waals surface area contributed by atoms with Crippen molar-refractivity contribution in [1.82, 2.24) is 10.2 Å². The van der Waals surface area contributed by atoms with Gasteiger partial charge in [0, 0.05) is 23.1 Å². The first-order chi connectivity index (χ1) is 13.4. The molecule has 2 heterocycles. The summed E-state index contributed by atoms with van der Waals surface area (Å²) in [6.45, 7) is -0.379.